The Morgan fingerprint density at radius 3 is 2.77 bits per heavy atom. The molecule has 5 rings (SSSR count). The number of ether oxygens (including phenoxy) is 1. The van der Waals surface area contributed by atoms with Crippen molar-refractivity contribution >= 4 is 62.6 Å². The zero-order chi connectivity index (χ0) is 23.9. The molecule has 2 amide bonds. The molecule has 179 valence electrons. The molecule has 1 aliphatic carbocycles. The Labute approximate surface area is 231 Å². The second-order valence-electron chi connectivity index (χ2n) is 8.63. The third kappa shape index (κ3) is 5.42. The standard InChI is InChI=1S/C24H26N4O4S2.Na/c1-28-11-9-20-17(14-28)13-22(33-20)34(30,31)27-24(29)26-23-18-5-3-4-15(18)6-7-19(23)16-8-10-25-21(12-16)32-2;/h6-8,10,12-13H,3-5,9,11,14H2,1-2H3,(H2,26,27,29);. The van der Waals surface area contributed by atoms with Gasteiger partial charge in [0.15, 0.2) is 0 Å². The molecule has 0 saturated carbocycles. The Kier molecular flexibility index (Phi) is 7.89. The van der Waals surface area contributed by atoms with Crippen LogP contribution in [0.3, 0.4) is 0 Å². The first-order valence-electron chi connectivity index (χ1n) is 11.1. The fourth-order valence-electron chi connectivity index (χ4n) is 4.63. The van der Waals surface area contributed by atoms with Gasteiger partial charge >= 0.3 is 6.03 Å². The number of hydrogen-bond acceptors (Lipinski definition) is 7. The molecule has 2 N–H and O–H groups in total. The van der Waals surface area contributed by atoms with Crippen LogP contribution < -0.4 is 14.8 Å². The van der Waals surface area contributed by atoms with Crippen LogP contribution in [0.2, 0.25) is 0 Å². The Morgan fingerprint density at radius 1 is 1.14 bits per heavy atom. The van der Waals surface area contributed by atoms with Gasteiger partial charge in [0.05, 0.1) is 12.8 Å². The Hall–Kier alpha value is -1.95. The molecule has 2 aliphatic rings. The normalized spacial score (nSPS) is 15.0. The van der Waals surface area contributed by atoms with Crippen molar-refractivity contribution in [1.82, 2.24) is 14.6 Å². The van der Waals surface area contributed by atoms with Crippen LogP contribution in [0.4, 0.5) is 10.5 Å². The van der Waals surface area contributed by atoms with Crippen molar-refractivity contribution in [2.75, 3.05) is 26.0 Å². The van der Waals surface area contributed by atoms with Crippen molar-refractivity contribution in [3.05, 3.63) is 58.1 Å². The van der Waals surface area contributed by atoms with Crippen LogP contribution in [0, 0.1) is 0 Å². The molecule has 0 spiro atoms. The monoisotopic (exact) mass is 521 g/mol. The average Bonchev–Trinajstić information content (AvgIpc) is 3.46. The van der Waals surface area contributed by atoms with Gasteiger partial charge in [-0.05, 0) is 67.1 Å². The number of carbonyl (C=O) groups is 1. The number of nitrogens with zero attached hydrogens (tertiary/aromatic N) is 2. The van der Waals surface area contributed by atoms with Crippen molar-refractivity contribution in [3.8, 4) is 17.0 Å². The summed E-state index contributed by atoms with van der Waals surface area (Å²) in [6.45, 7) is 1.60. The number of benzene rings is 1. The van der Waals surface area contributed by atoms with Gasteiger partial charge in [0.25, 0.3) is 10.0 Å². The van der Waals surface area contributed by atoms with E-state index in [4.69, 9.17) is 4.74 Å². The van der Waals surface area contributed by atoms with Gasteiger partial charge in [-0.1, -0.05) is 12.1 Å². The first-order valence-corrected chi connectivity index (χ1v) is 13.4. The SMILES string of the molecule is COc1cc(-c2ccc3c(c2NC(=O)NS(=O)(=O)c2cc4c(s2)CCN(C)C4)CCC3)ccn1.[Na]. The maximum Gasteiger partial charge on any atom is 0.333 e. The molecule has 0 bridgehead atoms. The summed E-state index contributed by atoms with van der Waals surface area (Å²) in [6, 6.07) is 8.56. The predicted molar refractivity (Wildman–Crippen MR) is 138 cm³/mol. The molecule has 0 unspecified atom stereocenters. The molecule has 0 atom stereocenters. The maximum atomic E-state index is 13.0. The van der Waals surface area contributed by atoms with Crippen LogP contribution >= 0.6 is 11.3 Å². The molecule has 0 saturated heterocycles. The number of methoxy groups -OCH3 is 1. The van der Waals surface area contributed by atoms with Crippen molar-refractivity contribution in [3.63, 3.8) is 0 Å². The van der Waals surface area contributed by atoms with Crippen LogP contribution in [0.5, 0.6) is 5.88 Å². The number of urea groups is 1. The number of likely N-dealkylation sites (N-methyl/N-ethyl adjacent to an activating group) is 1. The second kappa shape index (κ2) is 10.6. The third-order valence-corrected chi connectivity index (χ3v) is 9.34. The summed E-state index contributed by atoms with van der Waals surface area (Å²) in [7, 11) is -0.428. The first kappa shape index (κ1) is 26.1. The minimum Gasteiger partial charge on any atom is -0.481 e. The van der Waals surface area contributed by atoms with Crippen molar-refractivity contribution in [2.24, 2.45) is 0 Å². The van der Waals surface area contributed by atoms with E-state index >= 15 is 0 Å². The molecule has 11 heteroatoms. The second-order valence-corrected chi connectivity index (χ2v) is 11.7. The van der Waals surface area contributed by atoms with Crippen LogP contribution in [-0.4, -0.2) is 74.6 Å². The molecule has 0 fully saturated rings. The van der Waals surface area contributed by atoms with Crippen molar-refractivity contribution in [2.45, 2.75) is 36.4 Å². The summed E-state index contributed by atoms with van der Waals surface area (Å²) in [5, 5.41) is 2.85. The third-order valence-electron chi connectivity index (χ3n) is 6.30. The summed E-state index contributed by atoms with van der Waals surface area (Å²) in [4.78, 5) is 20.3. The number of rotatable bonds is 5. The van der Waals surface area contributed by atoms with Crippen LogP contribution in [-0.2, 0) is 35.8 Å². The van der Waals surface area contributed by atoms with Crippen LogP contribution in [0.15, 0.2) is 40.7 Å². The smallest absolute Gasteiger partial charge is 0.333 e. The average molecular weight is 522 g/mol. The van der Waals surface area contributed by atoms with Crippen molar-refractivity contribution < 1.29 is 17.9 Å². The number of sulfonamides is 1. The van der Waals surface area contributed by atoms with E-state index in [-0.39, 0.29) is 33.8 Å². The molecular weight excluding hydrogens is 495 g/mol. The Morgan fingerprint density at radius 2 is 1.97 bits per heavy atom. The van der Waals surface area contributed by atoms with Crippen LogP contribution in [0.1, 0.15) is 28.0 Å². The van der Waals surface area contributed by atoms with Gasteiger partial charge in [-0.2, -0.15) is 0 Å². The number of carbonyl (C=O) groups excluding carboxylic acids is 1. The van der Waals surface area contributed by atoms with E-state index in [1.54, 1.807) is 25.4 Å². The minimum atomic E-state index is -3.99. The van der Waals surface area contributed by atoms with E-state index in [1.807, 2.05) is 19.2 Å². The molecule has 35 heavy (non-hydrogen) atoms. The molecular formula is C24H26N4NaO4S2. The van der Waals surface area contributed by atoms with Gasteiger partial charge in [-0.3, -0.25) is 0 Å². The number of amides is 2. The van der Waals surface area contributed by atoms with E-state index in [9.17, 15) is 13.2 Å². The van der Waals surface area contributed by atoms with Gasteiger partial charge < -0.3 is 15.0 Å². The van der Waals surface area contributed by atoms with Gasteiger partial charge in [-0.25, -0.2) is 22.9 Å². The van der Waals surface area contributed by atoms with E-state index in [0.717, 1.165) is 64.9 Å². The largest absolute Gasteiger partial charge is 0.481 e. The number of pyridine rings is 1. The molecule has 3 heterocycles. The summed E-state index contributed by atoms with van der Waals surface area (Å²) in [5.41, 5.74) is 5.46. The maximum absolute atomic E-state index is 13.0. The Bertz CT molecular complexity index is 1370. The zero-order valence-electron chi connectivity index (χ0n) is 20.1. The number of thiophene rings is 1. The van der Waals surface area contributed by atoms with Gasteiger partial charge in [-0.15, -0.1) is 11.3 Å². The minimum absolute atomic E-state index is 0. The Balaban J connectivity index is 0.00000289. The van der Waals surface area contributed by atoms with E-state index in [0.29, 0.717) is 18.1 Å². The molecule has 3 aromatic rings. The number of aryl methyl sites for hydroxylation is 1. The number of fused-ring (bicyclic) bond motifs is 2. The zero-order valence-corrected chi connectivity index (χ0v) is 23.7. The van der Waals surface area contributed by atoms with E-state index in [1.165, 1.54) is 11.3 Å². The molecule has 8 nitrogen and oxygen atoms in total. The van der Waals surface area contributed by atoms with Crippen LogP contribution in [0.25, 0.3) is 11.1 Å². The summed E-state index contributed by atoms with van der Waals surface area (Å²) in [6.07, 6.45) is 5.19. The van der Waals surface area contributed by atoms with E-state index in [2.05, 4.69) is 26.0 Å². The number of aromatic nitrogens is 1. The van der Waals surface area contributed by atoms with Gasteiger partial charge in [0, 0.05) is 65.4 Å². The summed E-state index contributed by atoms with van der Waals surface area (Å²) >= 11 is 1.24. The van der Waals surface area contributed by atoms with Crippen molar-refractivity contribution in [1.29, 1.82) is 0 Å². The predicted octanol–water partition coefficient (Wildman–Crippen LogP) is 3.42. The van der Waals surface area contributed by atoms with Gasteiger partial charge in [0.1, 0.15) is 4.21 Å². The molecule has 2 aromatic heterocycles. The molecule has 1 aliphatic heterocycles. The fourth-order valence-corrected chi connectivity index (χ4v) is 7.08. The quantitative estimate of drug-likeness (QED) is 0.499. The fraction of sp³-hybridized carbons (Fsp3) is 0.333. The summed E-state index contributed by atoms with van der Waals surface area (Å²) < 4.78 is 33.6. The molecule has 1 aromatic carbocycles. The number of anilines is 1. The number of hydrogen-bond donors (Lipinski definition) is 2. The van der Waals surface area contributed by atoms with E-state index < -0.39 is 16.1 Å². The van der Waals surface area contributed by atoms with Gasteiger partial charge in [0.2, 0.25) is 5.88 Å². The summed E-state index contributed by atoms with van der Waals surface area (Å²) in [5.74, 6) is 0.461. The number of nitrogens with one attached hydrogen (secondary N) is 2. The first-order chi connectivity index (χ1) is 16.3. The molecule has 1 radical (unpaired) electrons. The topological polar surface area (TPSA) is 101 Å².